The fourth-order valence-corrected chi connectivity index (χ4v) is 2.21. The third-order valence-corrected chi connectivity index (χ3v) is 3.09. The number of piperidine rings is 1. The number of hydrogen-bond acceptors (Lipinski definition) is 3. The first-order chi connectivity index (χ1) is 6.84. The van der Waals surface area contributed by atoms with Gasteiger partial charge in [-0.15, -0.1) is 0 Å². The molecular formula is C11H21NO2. The molecule has 0 spiro atoms. The highest BCUT2D eigenvalue weighted by Crippen LogP contribution is 2.20. The van der Waals surface area contributed by atoms with Crippen molar-refractivity contribution in [1.29, 1.82) is 0 Å². The normalized spacial score (nSPS) is 38.8. The SMILES string of the molecule is CC1CCC(CO[C@H]2CCCNC2)O1. The van der Waals surface area contributed by atoms with Crippen LogP contribution in [0, 0.1) is 0 Å². The standard InChI is InChI=1S/C11H21NO2/c1-9-4-5-11(14-9)8-13-10-3-2-6-12-7-10/h9-12H,2-8H2,1H3/t9?,10-,11?/m0/s1. The van der Waals surface area contributed by atoms with E-state index in [2.05, 4.69) is 12.2 Å². The largest absolute Gasteiger partial charge is 0.374 e. The van der Waals surface area contributed by atoms with Crippen LogP contribution in [-0.2, 0) is 9.47 Å². The average Bonchev–Trinajstić information content (AvgIpc) is 2.63. The van der Waals surface area contributed by atoms with Crippen molar-refractivity contribution in [3.05, 3.63) is 0 Å². The maximum Gasteiger partial charge on any atom is 0.0813 e. The molecule has 0 radical (unpaired) electrons. The minimum atomic E-state index is 0.354. The van der Waals surface area contributed by atoms with Crippen molar-refractivity contribution >= 4 is 0 Å². The Kier molecular flexibility index (Phi) is 3.79. The van der Waals surface area contributed by atoms with Gasteiger partial charge in [-0.1, -0.05) is 0 Å². The van der Waals surface area contributed by atoms with Gasteiger partial charge in [0.25, 0.3) is 0 Å². The monoisotopic (exact) mass is 199 g/mol. The summed E-state index contributed by atoms with van der Waals surface area (Å²) >= 11 is 0. The van der Waals surface area contributed by atoms with Crippen molar-refractivity contribution in [3.63, 3.8) is 0 Å². The molecular weight excluding hydrogens is 178 g/mol. The molecule has 3 heteroatoms. The molecule has 2 aliphatic heterocycles. The van der Waals surface area contributed by atoms with E-state index in [-0.39, 0.29) is 0 Å². The van der Waals surface area contributed by atoms with E-state index in [0.717, 1.165) is 19.7 Å². The Labute approximate surface area is 86.2 Å². The first kappa shape index (κ1) is 10.4. The summed E-state index contributed by atoms with van der Waals surface area (Å²) in [5.41, 5.74) is 0. The van der Waals surface area contributed by atoms with Crippen LogP contribution < -0.4 is 5.32 Å². The van der Waals surface area contributed by atoms with Gasteiger partial charge in [0.1, 0.15) is 0 Å². The Morgan fingerprint density at radius 1 is 1.36 bits per heavy atom. The lowest BCUT2D eigenvalue weighted by Crippen LogP contribution is -2.36. The van der Waals surface area contributed by atoms with Gasteiger partial charge in [0, 0.05) is 6.54 Å². The molecule has 0 aliphatic carbocycles. The van der Waals surface area contributed by atoms with Crippen LogP contribution in [0.4, 0.5) is 0 Å². The van der Waals surface area contributed by atoms with Gasteiger partial charge in [0.15, 0.2) is 0 Å². The van der Waals surface area contributed by atoms with Crippen molar-refractivity contribution in [2.24, 2.45) is 0 Å². The summed E-state index contributed by atoms with van der Waals surface area (Å²) in [7, 11) is 0. The molecule has 2 aliphatic rings. The number of rotatable bonds is 3. The van der Waals surface area contributed by atoms with Crippen LogP contribution in [0.2, 0.25) is 0 Å². The molecule has 0 aromatic rings. The Morgan fingerprint density at radius 3 is 2.93 bits per heavy atom. The molecule has 82 valence electrons. The molecule has 0 saturated carbocycles. The second-order valence-electron chi connectivity index (χ2n) is 4.45. The summed E-state index contributed by atoms with van der Waals surface area (Å²) in [5.74, 6) is 0. The molecule has 3 nitrogen and oxygen atoms in total. The van der Waals surface area contributed by atoms with Crippen LogP contribution in [-0.4, -0.2) is 38.0 Å². The summed E-state index contributed by atoms with van der Waals surface area (Å²) in [6, 6.07) is 0. The zero-order chi connectivity index (χ0) is 9.80. The molecule has 14 heavy (non-hydrogen) atoms. The smallest absolute Gasteiger partial charge is 0.0813 e. The minimum absolute atomic E-state index is 0.354. The van der Waals surface area contributed by atoms with Crippen LogP contribution >= 0.6 is 0 Å². The third kappa shape index (κ3) is 2.94. The van der Waals surface area contributed by atoms with Gasteiger partial charge >= 0.3 is 0 Å². The Hall–Kier alpha value is -0.120. The maximum atomic E-state index is 5.83. The quantitative estimate of drug-likeness (QED) is 0.743. The highest BCUT2D eigenvalue weighted by atomic mass is 16.5. The molecule has 0 aromatic heterocycles. The molecule has 0 aromatic carbocycles. The molecule has 3 atom stereocenters. The van der Waals surface area contributed by atoms with Crippen LogP contribution in [0.3, 0.4) is 0 Å². The zero-order valence-corrected chi connectivity index (χ0v) is 9.00. The molecule has 1 N–H and O–H groups in total. The summed E-state index contributed by atoms with van der Waals surface area (Å²) in [6.45, 7) is 5.10. The highest BCUT2D eigenvalue weighted by molar-refractivity contribution is 4.73. The second-order valence-corrected chi connectivity index (χ2v) is 4.45. The Balaban J connectivity index is 1.61. The van der Waals surface area contributed by atoms with Gasteiger partial charge in [-0.3, -0.25) is 0 Å². The van der Waals surface area contributed by atoms with Crippen LogP contribution in [0.25, 0.3) is 0 Å². The van der Waals surface area contributed by atoms with Gasteiger partial charge in [-0.05, 0) is 39.2 Å². The van der Waals surface area contributed by atoms with Crippen molar-refractivity contribution in [3.8, 4) is 0 Å². The summed E-state index contributed by atoms with van der Waals surface area (Å²) in [4.78, 5) is 0. The first-order valence-electron chi connectivity index (χ1n) is 5.82. The fraction of sp³-hybridized carbons (Fsp3) is 1.00. The predicted molar refractivity (Wildman–Crippen MR) is 55.4 cm³/mol. The van der Waals surface area contributed by atoms with Gasteiger partial charge < -0.3 is 14.8 Å². The van der Waals surface area contributed by atoms with E-state index in [1.165, 1.54) is 25.7 Å². The minimum Gasteiger partial charge on any atom is -0.374 e. The summed E-state index contributed by atoms with van der Waals surface area (Å²) < 4.78 is 11.5. The van der Waals surface area contributed by atoms with E-state index >= 15 is 0 Å². The summed E-state index contributed by atoms with van der Waals surface area (Å²) in [5, 5.41) is 3.35. The number of nitrogens with one attached hydrogen (secondary N) is 1. The van der Waals surface area contributed by atoms with Crippen LogP contribution in [0.15, 0.2) is 0 Å². The van der Waals surface area contributed by atoms with Crippen LogP contribution in [0.5, 0.6) is 0 Å². The van der Waals surface area contributed by atoms with Crippen molar-refractivity contribution < 1.29 is 9.47 Å². The predicted octanol–water partition coefficient (Wildman–Crippen LogP) is 1.32. The van der Waals surface area contributed by atoms with Crippen molar-refractivity contribution in [2.75, 3.05) is 19.7 Å². The number of ether oxygens (including phenoxy) is 2. The fourth-order valence-electron chi connectivity index (χ4n) is 2.21. The molecule has 2 unspecified atom stereocenters. The van der Waals surface area contributed by atoms with E-state index in [4.69, 9.17) is 9.47 Å². The molecule has 2 heterocycles. The molecule has 2 saturated heterocycles. The number of hydrogen-bond donors (Lipinski definition) is 1. The van der Waals surface area contributed by atoms with E-state index in [1.54, 1.807) is 0 Å². The lowest BCUT2D eigenvalue weighted by Gasteiger charge is -2.24. The Bertz CT molecular complexity index is 164. The molecule has 2 fully saturated rings. The highest BCUT2D eigenvalue weighted by Gasteiger charge is 2.23. The van der Waals surface area contributed by atoms with E-state index in [1.807, 2.05) is 0 Å². The Morgan fingerprint density at radius 2 is 2.29 bits per heavy atom. The third-order valence-electron chi connectivity index (χ3n) is 3.09. The van der Waals surface area contributed by atoms with E-state index in [9.17, 15) is 0 Å². The van der Waals surface area contributed by atoms with Gasteiger partial charge in [-0.2, -0.15) is 0 Å². The molecule has 0 bridgehead atoms. The topological polar surface area (TPSA) is 30.5 Å². The van der Waals surface area contributed by atoms with Gasteiger partial charge in [0.2, 0.25) is 0 Å². The summed E-state index contributed by atoms with van der Waals surface area (Å²) in [6.07, 6.45) is 6.02. The average molecular weight is 199 g/mol. The maximum absolute atomic E-state index is 5.83. The van der Waals surface area contributed by atoms with Crippen molar-refractivity contribution in [1.82, 2.24) is 5.32 Å². The van der Waals surface area contributed by atoms with Crippen molar-refractivity contribution in [2.45, 2.75) is 50.9 Å². The van der Waals surface area contributed by atoms with E-state index in [0.29, 0.717) is 18.3 Å². The van der Waals surface area contributed by atoms with E-state index < -0.39 is 0 Å². The molecule has 2 rings (SSSR count). The molecule has 0 amide bonds. The van der Waals surface area contributed by atoms with Crippen LogP contribution in [0.1, 0.15) is 32.6 Å². The van der Waals surface area contributed by atoms with Gasteiger partial charge in [0.05, 0.1) is 24.9 Å². The second kappa shape index (κ2) is 5.10. The first-order valence-corrected chi connectivity index (χ1v) is 5.82. The lowest BCUT2D eigenvalue weighted by atomic mass is 10.1. The van der Waals surface area contributed by atoms with Gasteiger partial charge in [-0.25, -0.2) is 0 Å². The lowest BCUT2D eigenvalue weighted by molar-refractivity contribution is -0.0430. The zero-order valence-electron chi connectivity index (χ0n) is 9.00.